The third-order valence-corrected chi connectivity index (χ3v) is 2.41. The van der Waals surface area contributed by atoms with Crippen LogP contribution < -0.4 is 10.9 Å². The molecule has 2 N–H and O–H groups in total. The van der Waals surface area contributed by atoms with Crippen LogP contribution >= 0.6 is 0 Å². The van der Waals surface area contributed by atoms with E-state index in [1.54, 1.807) is 18.2 Å². The van der Waals surface area contributed by atoms with E-state index in [2.05, 4.69) is 10.3 Å². The summed E-state index contributed by atoms with van der Waals surface area (Å²) >= 11 is 0. The van der Waals surface area contributed by atoms with Crippen molar-refractivity contribution < 1.29 is 4.79 Å². The number of para-hydroxylation sites is 1. The van der Waals surface area contributed by atoms with Gasteiger partial charge < -0.3 is 10.3 Å². The molecule has 0 aliphatic carbocycles. The van der Waals surface area contributed by atoms with Gasteiger partial charge in [-0.3, -0.25) is 9.59 Å². The number of rotatable bonds is 3. The molecule has 5 nitrogen and oxygen atoms in total. The van der Waals surface area contributed by atoms with Crippen molar-refractivity contribution >= 4 is 17.7 Å². The minimum Gasteiger partial charge on any atom is -0.354 e. The molecule has 0 unspecified atom stereocenters. The number of carbonyl (C=O) groups excluding carboxylic acids is 1. The van der Waals surface area contributed by atoms with Crippen molar-refractivity contribution in [3.8, 4) is 6.07 Å². The molecule has 18 heavy (non-hydrogen) atoms. The van der Waals surface area contributed by atoms with Gasteiger partial charge >= 0.3 is 0 Å². The Balaban J connectivity index is 2.56. The monoisotopic (exact) mass is 239 g/mol. The molecule has 0 atom stereocenters. The molecule has 1 aromatic heterocycles. The number of aldehydes is 1. The first kappa shape index (κ1) is 11.6. The molecule has 0 fully saturated rings. The number of aromatic nitrogens is 1. The summed E-state index contributed by atoms with van der Waals surface area (Å²) in [4.78, 5) is 24.8. The van der Waals surface area contributed by atoms with Crippen molar-refractivity contribution in [2.45, 2.75) is 0 Å². The van der Waals surface area contributed by atoms with Crippen molar-refractivity contribution in [3.63, 3.8) is 0 Å². The lowest BCUT2D eigenvalue weighted by Crippen LogP contribution is -2.14. The molecule has 88 valence electrons. The molecule has 0 amide bonds. The molecule has 2 rings (SSSR count). The summed E-state index contributed by atoms with van der Waals surface area (Å²) < 4.78 is 0. The van der Waals surface area contributed by atoms with Gasteiger partial charge in [-0.1, -0.05) is 18.2 Å². The highest BCUT2D eigenvalue weighted by molar-refractivity contribution is 5.87. The van der Waals surface area contributed by atoms with Crippen LogP contribution in [0.4, 0.5) is 11.4 Å². The van der Waals surface area contributed by atoms with Crippen molar-refractivity contribution in [1.29, 1.82) is 5.26 Å². The van der Waals surface area contributed by atoms with Gasteiger partial charge in [0.2, 0.25) is 0 Å². The van der Waals surface area contributed by atoms with Crippen molar-refractivity contribution in [2.75, 3.05) is 5.32 Å². The fraction of sp³-hybridized carbons (Fsp3) is 0. The Morgan fingerprint density at radius 3 is 2.61 bits per heavy atom. The van der Waals surface area contributed by atoms with E-state index in [0.29, 0.717) is 12.0 Å². The standard InChI is InChI=1S/C13H9N3O2/c14-6-11-12(9(8-17)7-15-13(11)18)16-10-4-2-1-3-5-10/h1-5,7-8H,(H2,15,16,18). The summed E-state index contributed by atoms with van der Waals surface area (Å²) in [6, 6.07) is 10.8. The summed E-state index contributed by atoms with van der Waals surface area (Å²) in [5.41, 5.74) is 0.519. The van der Waals surface area contributed by atoms with Crippen LogP contribution in [-0.4, -0.2) is 11.3 Å². The van der Waals surface area contributed by atoms with E-state index in [-0.39, 0.29) is 16.8 Å². The van der Waals surface area contributed by atoms with Gasteiger partial charge in [0.25, 0.3) is 5.56 Å². The number of benzene rings is 1. The van der Waals surface area contributed by atoms with E-state index >= 15 is 0 Å². The van der Waals surface area contributed by atoms with Crippen molar-refractivity contribution in [1.82, 2.24) is 4.98 Å². The highest BCUT2D eigenvalue weighted by Crippen LogP contribution is 2.20. The van der Waals surface area contributed by atoms with Gasteiger partial charge in [-0.25, -0.2) is 0 Å². The smallest absolute Gasteiger partial charge is 0.268 e. The number of anilines is 2. The second kappa shape index (κ2) is 4.97. The van der Waals surface area contributed by atoms with E-state index in [0.717, 1.165) is 0 Å². The first-order valence-corrected chi connectivity index (χ1v) is 5.19. The van der Waals surface area contributed by atoms with Gasteiger partial charge in [0.15, 0.2) is 6.29 Å². The Hall–Kier alpha value is -2.87. The molecule has 2 aromatic rings. The summed E-state index contributed by atoms with van der Waals surface area (Å²) in [6.07, 6.45) is 1.86. The zero-order chi connectivity index (χ0) is 13.0. The van der Waals surface area contributed by atoms with E-state index in [9.17, 15) is 9.59 Å². The lowest BCUT2D eigenvalue weighted by atomic mass is 10.1. The first-order valence-electron chi connectivity index (χ1n) is 5.19. The number of pyridine rings is 1. The van der Waals surface area contributed by atoms with Gasteiger partial charge in [0.1, 0.15) is 11.6 Å². The van der Waals surface area contributed by atoms with E-state index in [4.69, 9.17) is 5.26 Å². The molecule has 1 aromatic carbocycles. The van der Waals surface area contributed by atoms with Crippen molar-refractivity contribution in [2.24, 2.45) is 0 Å². The second-order valence-corrected chi connectivity index (χ2v) is 3.54. The van der Waals surface area contributed by atoms with Gasteiger partial charge in [-0.2, -0.15) is 5.26 Å². The molecule has 0 spiro atoms. The maximum absolute atomic E-state index is 11.5. The van der Waals surface area contributed by atoms with E-state index in [1.165, 1.54) is 6.20 Å². The summed E-state index contributed by atoms with van der Waals surface area (Å²) in [7, 11) is 0. The van der Waals surface area contributed by atoms with Crippen LogP contribution in [0.2, 0.25) is 0 Å². The van der Waals surface area contributed by atoms with Crippen LogP contribution in [-0.2, 0) is 0 Å². The van der Waals surface area contributed by atoms with Crippen LogP contribution in [0.5, 0.6) is 0 Å². The molecule has 0 radical (unpaired) electrons. The normalized spacial score (nSPS) is 9.50. The Morgan fingerprint density at radius 1 is 1.28 bits per heavy atom. The summed E-state index contributed by atoms with van der Waals surface area (Å²) in [5.74, 6) is 0. The number of nitriles is 1. The second-order valence-electron chi connectivity index (χ2n) is 3.54. The Bertz CT molecular complexity index is 669. The highest BCUT2D eigenvalue weighted by atomic mass is 16.1. The summed E-state index contributed by atoms with van der Waals surface area (Å²) in [6.45, 7) is 0. The van der Waals surface area contributed by atoms with Gasteiger partial charge in [-0.05, 0) is 12.1 Å². The molecule has 0 saturated carbocycles. The highest BCUT2D eigenvalue weighted by Gasteiger charge is 2.12. The number of hydrogen-bond acceptors (Lipinski definition) is 4. The first-order chi connectivity index (χ1) is 8.76. The minimum atomic E-state index is -0.526. The zero-order valence-electron chi connectivity index (χ0n) is 9.31. The molecule has 5 heteroatoms. The fourth-order valence-corrected chi connectivity index (χ4v) is 1.55. The Labute approximate surface area is 103 Å². The Morgan fingerprint density at radius 2 is 2.00 bits per heavy atom. The van der Waals surface area contributed by atoms with E-state index in [1.807, 2.05) is 18.2 Å². The molecular weight excluding hydrogens is 230 g/mol. The molecular formula is C13H9N3O2. The summed E-state index contributed by atoms with van der Waals surface area (Å²) in [5, 5.41) is 11.9. The lowest BCUT2D eigenvalue weighted by Gasteiger charge is -2.09. The van der Waals surface area contributed by atoms with Gasteiger partial charge in [0, 0.05) is 11.9 Å². The predicted octanol–water partition coefficient (Wildman–Crippen LogP) is 1.80. The van der Waals surface area contributed by atoms with Crippen LogP contribution in [0.1, 0.15) is 15.9 Å². The van der Waals surface area contributed by atoms with Crippen molar-refractivity contribution in [3.05, 3.63) is 58.0 Å². The number of carbonyl (C=O) groups is 1. The maximum Gasteiger partial charge on any atom is 0.268 e. The molecule has 0 aliphatic heterocycles. The van der Waals surface area contributed by atoms with Gasteiger partial charge in [-0.15, -0.1) is 0 Å². The largest absolute Gasteiger partial charge is 0.354 e. The van der Waals surface area contributed by atoms with E-state index < -0.39 is 5.56 Å². The number of nitrogens with one attached hydrogen (secondary N) is 2. The minimum absolute atomic E-state index is 0.108. The molecule has 1 heterocycles. The number of aromatic amines is 1. The predicted molar refractivity (Wildman–Crippen MR) is 66.9 cm³/mol. The number of nitrogens with zero attached hydrogens (tertiary/aromatic N) is 1. The lowest BCUT2D eigenvalue weighted by molar-refractivity contribution is 0.112. The van der Waals surface area contributed by atoms with Crippen LogP contribution in [0.15, 0.2) is 41.3 Å². The van der Waals surface area contributed by atoms with Crippen LogP contribution in [0.25, 0.3) is 0 Å². The average Bonchev–Trinajstić information content (AvgIpc) is 2.40. The third-order valence-electron chi connectivity index (χ3n) is 2.41. The zero-order valence-corrected chi connectivity index (χ0v) is 9.31. The quantitative estimate of drug-likeness (QED) is 0.800. The Kier molecular flexibility index (Phi) is 3.21. The maximum atomic E-state index is 11.5. The molecule has 0 saturated heterocycles. The third kappa shape index (κ3) is 2.13. The topological polar surface area (TPSA) is 85.8 Å². The van der Waals surface area contributed by atoms with Crippen LogP contribution in [0, 0.1) is 11.3 Å². The molecule has 0 aliphatic rings. The van der Waals surface area contributed by atoms with Gasteiger partial charge in [0.05, 0.1) is 11.3 Å². The SMILES string of the molecule is N#Cc1c(Nc2ccccc2)c(C=O)c[nH]c1=O. The van der Waals surface area contributed by atoms with Crippen LogP contribution in [0.3, 0.4) is 0 Å². The fourth-order valence-electron chi connectivity index (χ4n) is 1.55. The average molecular weight is 239 g/mol. The molecule has 0 bridgehead atoms. The number of H-pyrrole nitrogens is 1. The number of hydrogen-bond donors (Lipinski definition) is 2.